The third-order valence-electron chi connectivity index (χ3n) is 3.92. The number of aromatic nitrogens is 2. The maximum atomic E-state index is 13.7. The van der Waals surface area contributed by atoms with Crippen LogP contribution in [0.5, 0.6) is 5.75 Å². The Labute approximate surface area is 144 Å². The van der Waals surface area contributed by atoms with Gasteiger partial charge in [0, 0.05) is 12.3 Å². The Kier molecular flexibility index (Phi) is 5.25. The van der Waals surface area contributed by atoms with E-state index < -0.39 is 5.82 Å². The summed E-state index contributed by atoms with van der Waals surface area (Å²) >= 11 is 4.58. The van der Waals surface area contributed by atoms with E-state index in [0.29, 0.717) is 18.0 Å². The van der Waals surface area contributed by atoms with Crippen molar-refractivity contribution in [2.24, 2.45) is 4.99 Å². The van der Waals surface area contributed by atoms with Gasteiger partial charge in [-0.05, 0) is 36.7 Å². The molecule has 3 rings (SSSR count). The molecule has 1 fully saturated rings. The van der Waals surface area contributed by atoms with Gasteiger partial charge in [-0.3, -0.25) is 9.97 Å². The van der Waals surface area contributed by atoms with E-state index in [9.17, 15) is 4.39 Å². The molecule has 0 aliphatic heterocycles. The lowest BCUT2D eigenvalue weighted by atomic mass is 9.90. The lowest BCUT2D eigenvalue weighted by Gasteiger charge is -2.31. The van der Waals surface area contributed by atoms with Crippen molar-refractivity contribution in [1.82, 2.24) is 9.97 Å². The molecule has 124 valence electrons. The number of ether oxygens (including phenoxy) is 2. The number of halogens is 1. The molecule has 24 heavy (non-hydrogen) atoms. The summed E-state index contributed by atoms with van der Waals surface area (Å²) in [6, 6.07) is 5.26. The van der Waals surface area contributed by atoms with Gasteiger partial charge >= 0.3 is 0 Å². The van der Waals surface area contributed by atoms with Crippen molar-refractivity contribution in [1.29, 1.82) is 0 Å². The minimum atomic E-state index is -0.463. The van der Waals surface area contributed by atoms with Crippen molar-refractivity contribution < 1.29 is 13.9 Å². The van der Waals surface area contributed by atoms with E-state index >= 15 is 0 Å². The summed E-state index contributed by atoms with van der Waals surface area (Å²) in [4.78, 5) is 12.5. The Bertz CT molecular complexity index is 757. The summed E-state index contributed by atoms with van der Waals surface area (Å²) in [5.41, 5.74) is 2.01. The van der Waals surface area contributed by atoms with Crippen molar-refractivity contribution in [2.75, 3.05) is 7.11 Å². The minimum Gasteiger partial charge on any atom is -0.492 e. The predicted octanol–water partition coefficient (Wildman–Crippen LogP) is 3.44. The topological polar surface area (TPSA) is 56.6 Å². The van der Waals surface area contributed by atoms with Gasteiger partial charge in [0.1, 0.15) is 0 Å². The molecular weight excluding hydrogens is 329 g/mol. The molecule has 0 aromatic carbocycles. The van der Waals surface area contributed by atoms with E-state index in [1.807, 2.05) is 6.07 Å². The second-order valence-electron chi connectivity index (χ2n) is 5.53. The van der Waals surface area contributed by atoms with E-state index in [1.54, 1.807) is 12.3 Å². The number of hydrogen-bond donors (Lipinski definition) is 0. The van der Waals surface area contributed by atoms with Crippen LogP contribution in [0.4, 0.5) is 4.39 Å². The average molecular weight is 345 g/mol. The van der Waals surface area contributed by atoms with Gasteiger partial charge in [-0.2, -0.15) is 0 Å². The van der Waals surface area contributed by atoms with Gasteiger partial charge in [0.25, 0.3) is 0 Å². The summed E-state index contributed by atoms with van der Waals surface area (Å²) in [6.07, 6.45) is 5.02. The standard InChI is InChI=1S/C17H16FN3O2S/c1-22-17-8-20-16(6-14(17)18)15-3-2-11(7-19-15)9-23-13-4-12(5-13)21-10-24/h2-3,6-8,12-13H,4-5,9H2,1H3. The molecule has 2 aromatic rings. The number of thiocarbonyl (C=S) groups is 1. The van der Waals surface area contributed by atoms with Crippen LogP contribution in [0.2, 0.25) is 0 Å². The van der Waals surface area contributed by atoms with Crippen LogP contribution in [-0.2, 0) is 11.3 Å². The molecule has 0 unspecified atom stereocenters. The highest BCUT2D eigenvalue weighted by Crippen LogP contribution is 2.27. The SMILES string of the molecule is COc1cnc(-c2ccc(COC3CC(N=C=S)C3)cn2)cc1F. The Morgan fingerprint density at radius 2 is 2.08 bits per heavy atom. The second-order valence-corrected chi connectivity index (χ2v) is 5.72. The fourth-order valence-corrected chi connectivity index (χ4v) is 2.59. The monoisotopic (exact) mass is 345 g/mol. The molecule has 0 saturated heterocycles. The number of aliphatic imine (C=N–C) groups is 1. The highest BCUT2D eigenvalue weighted by molar-refractivity contribution is 7.78. The largest absolute Gasteiger partial charge is 0.492 e. The maximum absolute atomic E-state index is 13.7. The van der Waals surface area contributed by atoms with Gasteiger partial charge in [-0.25, -0.2) is 9.38 Å². The Morgan fingerprint density at radius 1 is 1.29 bits per heavy atom. The van der Waals surface area contributed by atoms with Gasteiger partial charge in [-0.1, -0.05) is 6.07 Å². The van der Waals surface area contributed by atoms with Crippen LogP contribution < -0.4 is 4.74 Å². The van der Waals surface area contributed by atoms with Gasteiger partial charge in [-0.15, -0.1) is 0 Å². The molecule has 1 aliphatic rings. The third-order valence-corrected chi connectivity index (χ3v) is 4.02. The van der Waals surface area contributed by atoms with Crippen molar-refractivity contribution in [3.63, 3.8) is 0 Å². The van der Waals surface area contributed by atoms with Crippen LogP contribution in [0.3, 0.4) is 0 Å². The molecule has 0 radical (unpaired) electrons. The quantitative estimate of drug-likeness (QED) is 0.593. The molecule has 0 atom stereocenters. The normalized spacial score (nSPS) is 19.2. The highest BCUT2D eigenvalue weighted by atomic mass is 32.1. The Balaban J connectivity index is 1.57. The van der Waals surface area contributed by atoms with Crippen LogP contribution in [0.25, 0.3) is 11.4 Å². The molecule has 0 N–H and O–H groups in total. The van der Waals surface area contributed by atoms with E-state index in [4.69, 9.17) is 9.47 Å². The van der Waals surface area contributed by atoms with Crippen molar-refractivity contribution >= 4 is 17.4 Å². The molecule has 7 heteroatoms. The molecule has 0 bridgehead atoms. The summed E-state index contributed by atoms with van der Waals surface area (Å²) in [6.45, 7) is 0.483. The first-order chi connectivity index (χ1) is 11.7. The summed E-state index contributed by atoms with van der Waals surface area (Å²) in [5, 5.41) is 2.40. The zero-order valence-electron chi connectivity index (χ0n) is 13.1. The number of isothiocyanates is 1. The van der Waals surface area contributed by atoms with Crippen LogP contribution in [0, 0.1) is 5.82 Å². The van der Waals surface area contributed by atoms with Gasteiger partial charge in [0.15, 0.2) is 11.6 Å². The third kappa shape index (κ3) is 3.82. The molecule has 2 heterocycles. The molecular formula is C17H16FN3O2S. The Hall–Kier alpha value is -2.21. The average Bonchev–Trinajstić information content (AvgIpc) is 2.57. The molecule has 1 saturated carbocycles. The zero-order valence-corrected chi connectivity index (χ0v) is 13.9. The first-order valence-electron chi connectivity index (χ1n) is 7.53. The van der Waals surface area contributed by atoms with Crippen molar-refractivity contribution in [2.45, 2.75) is 31.6 Å². The van der Waals surface area contributed by atoms with E-state index in [-0.39, 0.29) is 17.9 Å². The molecule has 0 spiro atoms. The molecule has 1 aliphatic carbocycles. The lowest BCUT2D eigenvalue weighted by Crippen LogP contribution is -2.34. The van der Waals surface area contributed by atoms with E-state index in [1.165, 1.54) is 19.4 Å². The van der Waals surface area contributed by atoms with Gasteiger partial charge in [0.2, 0.25) is 0 Å². The number of rotatable bonds is 6. The van der Waals surface area contributed by atoms with Crippen LogP contribution in [-0.4, -0.2) is 34.4 Å². The summed E-state index contributed by atoms with van der Waals surface area (Å²) in [5.74, 6) is -0.351. The van der Waals surface area contributed by atoms with Crippen molar-refractivity contribution in [3.8, 4) is 17.1 Å². The van der Waals surface area contributed by atoms with Crippen LogP contribution in [0.1, 0.15) is 18.4 Å². The number of methoxy groups -OCH3 is 1. The first-order valence-corrected chi connectivity index (χ1v) is 7.94. The van der Waals surface area contributed by atoms with E-state index in [0.717, 1.165) is 18.4 Å². The maximum Gasteiger partial charge on any atom is 0.172 e. The predicted molar refractivity (Wildman–Crippen MR) is 90.6 cm³/mol. The molecule has 5 nitrogen and oxygen atoms in total. The smallest absolute Gasteiger partial charge is 0.172 e. The van der Waals surface area contributed by atoms with Gasteiger partial charge < -0.3 is 9.47 Å². The van der Waals surface area contributed by atoms with Crippen LogP contribution in [0.15, 0.2) is 35.6 Å². The zero-order chi connectivity index (χ0) is 16.9. The first kappa shape index (κ1) is 16.6. The highest BCUT2D eigenvalue weighted by Gasteiger charge is 2.29. The summed E-state index contributed by atoms with van der Waals surface area (Å²) < 4.78 is 24.4. The van der Waals surface area contributed by atoms with E-state index in [2.05, 4.69) is 32.3 Å². The molecule has 0 amide bonds. The number of hydrogen-bond acceptors (Lipinski definition) is 6. The fraction of sp³-hybridized carbons (Fsp3) is 0.353. The minimum absolute atomic E-state index is 0.112. The molecule has 2 aromatic heterocycles. The Morgan fingerprint density at radius 3 is 2.71 bits per heavy atom. The lowest BCUT2D eigenvalue weighted by molar-refractivity contribution is -0.0183. The van der Waals surface area contributed by atoms with Gasteiger partial charge in [0.05, 0.1) is 48.6 Å². The fourth-order valence-electron chi connectivity index (χ4n) is 2.44. The number of nitrogens with zero attached hydrogens (tertiary/aromatic N) is 3. The summed E-state index contributed by atoms with van der Waals surface area (Å²) in [7, 11) is 1.40. The number of pyridine rings is 2. The second kappa shape index (κ2) is 7.57. The van der Waals surface area contributed by atoms with Crippen LogP contribution >= 0.6 is 12.2 Å². The van der Waals surface area contributed by atoms with Crippen molar-refractivity contribution in [3.05, 3.63) is 42.0 Å².